The van der Waals surface area contributed by atoms with Crippen LogP contribution in [0.4, 0.5) is 85.3 Å². The van der Waals surface area contributed by atoms with Gasteiger partial charge in [0.25, 0.3) is 13.4 Å². The van der Waals surface area contributed by atoms with Gasteiger partial charge in [-0.25, -0.2) is 0 Å². The predicted molar refractivity (Wildman–Crippen MR) is 506 cm³/mol. The van der Waals surface area contributed by atoms with Gasteiger partial charge in [-0.3, -0.25) is 0 Å². The van der Waals surface area contributed by atoms with Gasteiger partial charge in [-0.1, -0.05) is 312 Å². The molecule has 584 valence electrons. The number of rotatable bonds is 11. The molecule has 0 radical (unpaired) electrons. The van der Waals surface area contributed by atoms with E-state index in [4.69, 9.17) is 0 Å². The van der Waals surface area contributed by atoms with Gasteiger partial charge < -0.3 is 24.5 Å². The molecule has 0 amide bonds. The van der Waals surface area contributed by atoms with E-state index in [1.54, 1.807) is 0 Å². The number of fused-ring (bicyclic) bond motifs is 8. The molecule has 4 aliphatic heterocycles. The zero-order chi connectivity index (χ0) is 82.1. The molecule has 8 heteroatoms. The summed E-state index contributed by atoms with van der Waals surface area (Å²) < 4.78 is 0. The van der Waals surface area contributed by atoms with Gasteiger partial charge in [0.05, 0.1) is 13.8 Å². The smallest absolute Gasteiger partial charge is 0.252 e. The summed E-state index contributed by atoms with van der Waals surface area (Å²) >= 11 is 0. The Morgan fingerprint density at radius 2 is 0.574 bits per heavy atom. The molecule has 4 aliphatic rings. The van der Waals surface area contributed by atoms with Gasteiger partial charge in [0.1, 0.15) is 0 Å². The normalized spacial score (nSPS) is 14.3. The Balaban J connectivity index is 0.890. The standard InChI is InChI=1S/C107H121B2N5Si/c1-100(2,3)70-35-47-79(48-36-70)111-89-55-43-76(106(19,20)21)64-87(89)109-88-65-77(46-58-92(88)114(82-53-41-73(42-54-82)103(10,11)12)99-96(115(24,25)26)60-59-93(111)98(99)109)107(22,23)68-69-31-30-34-83(61-69)110(78-32-28-27-29-33-78)84-66-94-97-95(67-84)113(81-51-39-72(40-52-81)102(7,8)9)91-57-45-75(105(16,17)18)63-86(91)108(97)85-62-74(104(13,14)15)44-56-90(85)112(94)80-49-37-71(38-50-80)101(4,5)6/h27-67H,68H2,1-26H3. The monoisotopic (exact) mass is 1530 g/mol. The van der Waals surface area contributed by atoms with Crippen LogP contribution < -0.4 is 62.5 Å². The SMILES string of the molecule is CC(C)(C)c1ccc(N2c3ccc(C(C)(C)C)cc3B3c4cc(C(C)(C)C)ccc4N(c4ccc(C(C)(C)C)cc4)c4cc(N(c5ccccc5)c5cccc(CC(C)(C)c6ccc7c(c6)B6c8cc(C(C)(C)C)ccc8N(c8ccc(C(C)(C)C)cc8)c8ccc([Si](C)(C)C)c(c86)N7c6ccc(C(C)(C)C)cc6)c5)cc2c43)cc1. The van der Waals surface area contributed by atoms with E-state index in [1.807, 2.05) is 0 Å². The second kappa shape index (κ2) is 27.6. The average molecular weight is 1530 g/mol. The van der Waals surface area contributed by atoms with Gasteiger partial charge in [0, 0.05) is 79.6 Å². The highest BCUT2D eigenvalue weighted by molar-refractivity contribution is 7.02. The van der Waals surface area contributed by atoms with Crippen LogP contribution in [-0.2, 0) is 49.7 Å². The summed E-state index contributed by atoms with van der Waals surface area (Å²) in [7, 11) is -2.06. The van der Waals surface area contributed by atoms with E-state index in [0.29, 0.717) is 0 Å². The molecule has 16 rings (SSSR count). The van der Waals surface area contributed by atoms with Gasteiger partial charge in [-0.05, 0) is 253 Å². The maximum atomic E-state index is 2.69. The van der Waals surface area contributed by atoms with Crippen LogP contribution in [0.1, 0.15) is 209 Å². The minimum atomic E-state index is -2.06. The van der Waals surface area contributed by atoms with Crippen LogP contribution in [0.3, 0.4) is 0 Å². The molecular weight excluding hydrogens is 1400 g/mol. The molecule has 0 bridgehead atoms. The Labute approximate surface area is 692 Å². The molecule has 4 heterocycles. The quantitative estimate of drug-likeness (QED) is 0.120. The lowest BCUT2D eigenvalue weighted by Crippen LogP contribution is -2.63. The molecule has 0 aromatic heterocycles. The van der Waals surface area contributed by atoms with Crippen molar-refractivity contribution in [1.82, 2.24) is 0 Å². The van der Waals surface area contributed by atoms with Crippen molar-refractivity contribution in [2.24, 2.45) is 0 Å². The third-order valence-electron chi connectivity index (χ3n) is 25.4. The van der Waals surface area contributed by atoms with Gasteiger partial charge in [-0.2, -0.15) is 0 Å². The van der Waals surface area contributed by atoms with Crippen molar-refractivity contribution in [1.29, 1.82) is 0 Å². The van der Waals surface area contributed by atoms with E-state index in [9.17, 15) is 0 Å². The van der Waals surface area contributed by atoms with Gasteiger partial charge >= 0.3 is 0 Å². The molecule has 12 aromatic carbocycles. The Morgan fingerprint density at radius 1 is 0.261 bits per heavy atom. The topological polar surface area (TPSA) is 16.2 Å². The molecular formula is C107H121B2N5Si. The van der Waals surface area contributed by atoms with Crippen LogP contribution in [0, 0.1) is 0 Å². The van der Waals surface area contributed by atoms with Crippen molar-refractivity contribution < 1.29 is 0 Å². The highest BCUT2D eigenvalue weighted by Crippen LogP contribution is 2.52. The second-order valence-electron chi connectivity index (χ2n) is 42.7. The summed E-state index contributed by atoms with van der Waals surface area (Å²) in [4.78, 5) is 13.0. The summed E-state index contributed by atoms with van der Waals surface area (Å²) in [6.45, 7) is 61.6. The predicted octanol–water partition coefficient (Wildman–Crippen LogP) is 25.5. The zero-order valence-corrected chi connectivity index (χ0v) is 74.8. The third-order valence-corrected chi connectivity index (χ3v) is 27.4. The number of anilines is 15. The van der Waals surface area contributed by atoms with E-state index in [-0.39, 0.29) is 56.7 Å². The van der Waals surface area contributed by atoms with Crippen molar-refractivity contribution in [2.75, 3.05) is 24.5 Å². The molecule has 0 atom stereocenters. The van der Waals surface area contributed by atoms with E-state index >= 15 is 0 Å². The number of hydrogen-bond donors (Lipinski definition) is 0. The summed E-state index contributed by atoms with van der Waals surface area (Å²) in [6.07, 6.45) is 0.796. The second-order valence-corrected chi connectivity index (χ2v) is 47.7. The lowest BCUT2D eigenvalue weighted by atomic mass is 9.33. The first-order chi connectivity index (χ1) is 53.8. The molecule has 0 unspecified atom stereocenters. The van der Waals surface area contributed by atoms with Crippen LogP contribution in [0.15, 0.2) is 249 Å². The van der Waals surface area contributed by atoms with Crippen molar-refractivity contribution in [3.63, 3.8) is 0 Å². The van der Waals surface area contributed by atoms with Crippen molar-refractivity contribution in [2.45, 2.75) is 229 Å². The summed E-state index contributed by atoms with van der Waals surface area (Å²) in [5.41, 5.74) is 37.0. The molecule has 0 saturated carbocycles. The number of nitrogens with zero attached hydrogens (tertiary/aromatic N) is 5. The molecule has 12 aromatic rings. The molecule has 5 nitrogen and oxygen atoms in total. The highest BCUT2D eigenvalue weighted by atomic mass is 28.3. The molecule has 0 N–H and O–H groups in total. The fourth-order valence-electron chi connectivity index (χ4n) is 18.6. The first-order valence-corrected chi connectivity index (χ1v) is 45.8. The van der Waals surface area contributed by atoms with Crippen LogP contribution in [0.5, 0.6) is 0 Å². The van der Waals surface area contributed by atoms with Crippen LogP contribution in [-0.4, -0.2) is 21.5 Å². The number of hydrogen-bond acceptors (Lipinski definition) is 5. The maximum absolute atomic E-state index is 2.69. The minimum Gasteiger partial charge on any atom is -0.312 e. The van der Waals surface area contributed by atoms with E-state index in [2.05, 4.69) is 452 Å². The summed E-state index contributed by atoms with van der Waals surface area (Å²) in [5, 5.41) is 1.47. The first kappa shape index (κ1) is 78.9. The Kier molecular flexibility index (Phi) is 18.9. The van der Waals surface area contributed by atoms with Crippen LogP contribution >= 0.6 is 0 Å². The van der Waals surface area contributed by atoms with Crippen molar-refractivity contribution in [3.05, 3.63) is 299 Å². The number of benzene rings is 12. The Bertz CT molecular complexity index is 5610. The largest absolute Gasteiger partial charge is 0.312 e. The first-order valence-electron chi connectivity index (χ1n) is 42.3. The van der Waals surface area contributed by atoms with Gasteiger partial charge in [-0.15, -0.1) is 0 Å². The van der Waals surface area contributed by atoms with Gasteiger partial charge in [0.15, 0.2) is 0 Å². The minimum absolute atomic E-state index is 0.00420. The highest BCUT2D eigenvalue weighted by Gasteiger charge is 2.49. The van der Waals surface area contributed by atoms with Crippen molar-refractivity contribution >= 4 is 145 Å². The fraction of sp³-hybridized carbons (Fsp3) is 0.327. The molecule has 0 saturated heterocycles. The molecule has 0 spiro atoms. The molecule has 115 heavy (non-hydrogen) atoms. The fourth-order valence-corrected chi connectivity index (χ4v) is 20.1. The van der Waals surface area contributed by atoms with Crippen LogP contribution in [0.25, 0.3) is 0 Å². The lowest BCUT2D eigenvalue weighted by Gasteiger charge is -2.46. The summed E-state index contributed by atoms with van der Waals surface area (Å²) in [6, 6.07) is 98.6. The number of para-hydroxylation sites is 1. The Hall–Kier alpha value is -10.0. The molecule has 0 aliphatic carbocycles. The van der Waals surface area contributed by atoms with E-state index < -0.39 is 8.07 Å². The average Bonchev–Trinajstić information content (AvgIpc) is 0.674. The Morgan fingerprint density at radius 3 is 0.948 bits per heavy atom. The van der Waals surface area contributed by atoms with E-state index in [0.717, 1.165) is 34.9 Å². The van der Waals surface area contributed by atoms with Gasteiger partial charge in [0.2, 0.25) is 0 Å². The summed E-state index contributed by atoms with van der Waals surface area (Å²) in [5.74, 6) is 0. The van der Waals surface area contributed by atoms with E-state index in [1.165, 1.54) is 145 Å². The third kappa shape index (κ3) is 14.2. The molecule has 0 fully saturated rings. The lowest BCUT2D eigenvalue weighted by molar-refractivity contribution is 0.523. The zero-order valence-electron chi connectivity index (χ0n) is 73.8. The van der Waals surface area contributed by atoms with Crippen molar-refractivity contribution in [3.8, 4) is 0 Å². The van der Waals surface area contributed by atoms with Crippen LogP contribution in [0.2, 0.25) is 19.6 Å². The maximum Gasteiger partial charge on any atom is 0.252 e.